The van der Waals surface area contributed by atoms with Crippen LogP contribution >= 0.6 is 23.4 Å². The number of phosphoric acid groups is 2. The summed E-state index contributed by atoms with van der Waals surface area (Å²) in [5.41, 5.74) is 16.7. The molecule has 27 heteroatoms. The minimum Gasteiger partial charge on any atom is -0.766 e. The first kappa shape index (κ1) is 62.6. The number of ether oxygens (including phenoxy) is 1. The molecule has 3 aromatic carbocycles. The van der Waals surface area contributed by atoms with Gasteiger partial charge in [-0.25, -0.2) is 23.0 Å². The maximum absolute atomic E-state index is 14.8. The molecule has 4 unspecified atom stereocenters. The van der Waals surface area contributed by atoms with E-state index in [-0.39, 0.29) is 65.7 Å². The molecule has 6 heterocycles. The van der Waals surface area contributed by atoms with Gasteiger partial charge in [0.1, 0.15) is 25.4 Å². The number of aliphatic hydroxyl groups is 1. The van der Waals surface area contributed by atoms with E-state index in [1.807, 2.05) is 23.3 Å². The summed E-state index contributed by atoms with van der Waals surface area (Å²) in [4.78, 5) is 87.2. The molecule has 1 fully saturated rings. The standard InChI is InChI=1S/C58H79N10O14P3/c1-8-68-44-30-43-41(29-40(44)35(2)32-57(68,3)4)49(42-28-36-18-15-26-66-27-16-21-39(52(36)66)50(42)58(43,5)6)37-19-11-12-20-38(37)55(72)65(7)25-17-22-47(70)60-23-13-9-10-14-24-62-83(73,74)81-85(77,78)82-84(75,76)79-33-46-45(69)31-48(80-46)67-34-61-51-53(67)63-56(59)64-54(51)71/h11-12,19-20,28-30,34-35,45-46,48,69H,8-10,13-18,21-27,31-33H2,1-7H3,(H7-,59,60,62,63,64,70,71,73,74,75,76,77,78)/t35?,45-,46+,48+/m0/s1. The Morgan fingerprint density at radius 1 is 0.988 bits per heavy atom. The van der Waals surface area contributed by atoms with Crippen molar-refractivity contribution in [2.75, 3.05) is 63.6 Å². The molecule has 0 spiro atoms. The van der Waals surface area contributed by atoms with Gasteiger partial charge in [-0.05, 0) is 128 Å². The number of benzene rings is 3. The molecule has 0 bridgehead atoms. The number of aliphatic hydroxyl groups excluding tert-OH is 1. The average Bonchev–Trinajstić information content (AvgIpc) is 1.35. The van der Waals surface area contributed by atoms with Crippen molar-refractivity contribution in [3.05, 3.63) is 114 Å². The number of aryl methyl sites for hydroxylation is 1. The van der Waals surface area contributed by atoms with Gasteiger partial charge in [0.2, 0.25) is 25.0 Å². The first-order chi connectivity index (χ1) is 40.2. The third kappa shape index (κ3) is 13.1. The van der Waals surface area contributed by atoms with Crippen molar-refractivity contribution in [1.29, 1.82) is 0 Å². The molecule has 4 aliphatic heterocycles. The average molecular weight is 1230 g/mol. The van der Waals surface area contributed by atoms with Gasteiger partial charge < -0.3 is 45.4 Å². The minimum atomic E-state index is -5.77. The number of carbonyl (C=O) groups is 2. The van der Waals surface area contributed by atoms with E-state index in [9.17, 15) is 47.9 Å². The summed E-state index contributed by atoms with van der Waals surface area (Å²) in [7, 11) is -14.8. The maximum Gasteiger partial charge on any atom is 0.486 e. The van der Waals surface area contributed by atoms with Crippen LogP contribution in [0.4, 0.5) is 11.6 Å². The highest BCUT2D eigenvalue weighted by molar-refractivity contribution is 7.67. The quantitative estimate of drug-likeness (QED) is 0.0249. The predicted molar refractivity (Wildman–Crippen MR) is 318 cm³/mol. The van der Waals surface area contributed by atoms with Gasteiger partial charge in [0, 0.05) is 92.2 Å². The van der Waals surface area contributed by atoms with Crippen molar-refractivity contribution in [2.24, 2.45) is 0 Å². The zero-order chi connectivity index (χ0) is 61.0. The fourth-order valence-corrected chi connectivity index (χ4v) is 17.4. The summed E-state index contributed by atoms with van der Waals surface area (Å²) in [6.45, 7) is 16.8. The van der Waals surface area contributed by atoms with Gasteiger partial charge in [0.25, 0.3) is 11.5 Å². The summed E-state index contributed by atoms with van der Waals surface area (Å²) in [5, 5.41) is 18.1. The summed E-state index contributed by atoms with van der Waals surface area (Å²) < 4.78 is 60.4. The fraction of sp³-hybridized carbons (Fsp3) is 0.552. The van der Waals surface area contributed by atoms with Gasteiger partial charge in [0.15, 0.2) is 11.2 Å². The van der Waals surface area contributed by atoms with Crippen LogP contribution in [0.5, 0.6) is 0 Å². The smallest absolute Gasteiger partial charge is 0.486 e. The number of hydrogen-bond donors (Lipinski definition) is 7. The number of fused-ring (bicyclic) bond motifs is 5. The SMILES string of the molecule is CCN1c2cc3c(cc2C(C)CC1(C)C)C(c1ccccc1C(=O)N(C)CCCC(=O)NCCCCCCNP(=O)([O-])OP(=O)(O)OP(=O)(O)OC[C@H]1O[C@@H](n2cnc4c(=O)[nH]c(N)nc42)C[C@@H]1O)=c1cc2c4c(c1C3(C)C)CCC[N+]=4CCC2. The van der Waals surface area contributed by atoms with Crippen LogP contribution in [0.15, 0.2) is 53.6 Å². The van der Waals surface area contributed by atoms with E-state index in [1.54, 1.807) is 11.9 Å². The van der Waals surface area contributed by atoms with Gasteiger partial charge in [-0.2, -0.15) is 9.29 Å². The number of rotatable bonds is 23. The number of hydrogen-bond acceptors (Lipinski definition) is 16. The van der Waals surface area contributed by atoms with E-state index in [0.29, 0.717) is 50.3 Å². The number of nitrogens with one attached hydrogen (secondary N) is 3. The van der Waals surface area contributed by atoms with Crippen LogP contribution in [0.3, 0.4) is 0 Å². The van der Waals surface area contributed by atoms with E-state index < -0.39 is 54.0 Å². The number of unbranched alkanes of at least 4 members (excludes halogenated alkanes) is 3. The minimum absolute atomic E-state index is 0.000714. The van der Waals surface area contributed by atoms with Gasteiger partial charge in [0.05, 0.1) is 19.0 Å². The van der Waals surface area contributed by atoms with E-state index in [0.717, 1.165) is 62.9 Å². The number of aromatic amines is 1. The number of carbonyl (C=O) groups excluding carboxylic acids is 2. The number of H-pyrrole nitrogens is 1. The lowest BCUT2D eigenvalue weighted by Crippen LogP contribution is -2.50. The van der Waals surface area contributed by atoms with Gasteiger partial charge in [-0.15, -0.1) is 0 Å². The number of imidazole rings is 1. The first-order valence-electron chi connectivity index (χ1n) is 29.4. The lowest BCUT2D eigenvalue weighted by atomic mass is 9.64. The molecule has 85 heavy (non-hydrogen) atoms. The van der Waals surface area contributed by atoms with Crippen LogP contribution < -0.4 is 46.6 Å². The molecule has 2 amide bonds. The van der Waals surface area contributed by atoms with E-state index in [1.165, 1.54) is 60.5 Å². The molecule has 460 valence electrons. The first-order valence-corrected chi connectivity index (χ1v) is 34.0. The Labute approximate surface area is 493 Å². The van der Waals surface area contributed by atoms with E-state index in [2.05, 4.69) is 104 Å². The van der Waals surface area contributed by atoms with Crippen molar-refractivity contribution in [2.45, 2.75) is 154 Å². The summed E-state index contributed by atoms with van der Waals surface area (Å²) in [6.07, 6.45) is 5.46. The molecular formula is C58H79N10O14P3. The number of nitrogens with zero attached hydrogens (tertiary/aromatic N) is 6. The Kier molecular flexibility index (Phi) is 18.1. The fourth-order valence-electron chi connectivity index (χ4n) is 13.7. The zero-order valence-electron chi connectivity index (χ0n) is 49.3. The number of aromatic nitrogens is 4. The second-order valence-electron chi connectivity index (χ2n) is 24.2. The van der Waals surface area contributed by atoms with Gasteiger partial charge in [-0.1, -0.05) is 51.8 Å². The van der Waals surface area contributed by atoms with Gasteiger partial charge in [-0.3, -0.25) is 38.1 Å². The number of nitrogens with two attached hydrogens (primary N) is 1. The molecule has 8 N–H and O–H groups in total. The van der Waals surface area contributed by atoms with Gasteiger partial charge >= 0.3 is 15.6 Å². The van der Waals surface area contributed by atoms with E-state index in [4.69, 9.17) is 15.0 Å². The molecule has 24 nitrogen and oxygen atoms in total. The number of nitrogen functional groups attached to an aromatic ring is 1. The Morgan fingerprint density at radius 2 is 1.72 bits per heavy atom. The lowest BCUT2D eigenvalue weighted by Gasteiger charge is -2.48. The normalized spacial score (nSPS) is 22.4. The molecule has 0 radical (unpaired) electrons. The molecule has 1 saturated heterocycles. The second kappa shape index (κ2) is 24.6. The second-order valence-corrected chi connectivity index (χ2v) is 29.0. The van der Waals surface area contributed by atoms with Crippen LogP contribution in [-0.2, 0) is 54.6 Å². The lowest BCUT2D eigenvalue weighted by molar-refractivity contribution is -0.195. The highest BCUT2D eigenvalue weighted by Gasteiger charge is 2.45. The van der Waals surface area contributed by atoms with Crippen LogP contribution in [0.2, 0.25) is 0 Å². The molecule has 5 aliphatic rings. The predicted octanol–water partition coefficient (Wildman–Crippen LogP) is 5.27. The van der Waals surface area contributed by atoms with Crippen molar-refractivity contribution >= 4 is 63.6 Å². The van der Waals surface area contributed by atoms with E-state index >= 15 is 0 Å². The molecule has 5 aromatic rings. The highest BCUT2D eigenvalue weighted by Crippen LogP contribution is 2.65. The molecule has 0 saturated carbocycles. The Hall–Kier alpha value is -5.45. The highest BCUT2D eigenvalue weighted by atomic mass is 31.3. The topological polar surface area (TPSA) is 329 Å². The van der Waals surface area contributed by atoms with Crippen molar-refractivity contribution < 1.29 is 61.0 Å². The summed E-state index contributed by atoms with van der Waals surface area (Å²) >= 11 is 0. The van der Waals surface area contributed by atoms with Crippen LogP contribution in [0.25, 0.3) is 16.7 Å². The number of phosphoric ester groups is 1. The molecule has 1 aliphatic carbocycles. The number of amides is 2. The van der Waals surface area contributed by atoms with Crippen LogP contribution in [0, 0.1) is 0 Å². The third-order valence-corrected chi connectivity index (χ3v) is 21.8. The molecule has 7 atom stereocenters. The number of anilines is 2. The Balaban J connectivity index is 0.694. The zero-order valence-corrected chi connectivity index (χ0v) is 52.0. The molecule has 10 rings (SSSR count). The Morgan fingerprint density at radius 3 is 2.47 bits per heavy atom. The third-order valence-electron chi connectivity index (χ3n) is 17.4. The summed E-state index contributed by atoms with van der Waals surface area (Å²) in [6, 6.07) is 15.4. The summed E-state index contributed by atoms with van der Waals surface area (Å²) in [5.74, 6) is -0.135. The monoisotopic (exact) mass is 1230 g/mol. The van der Waals surface area contributed by atoms with Crippen LogP contribution in [-0.4, -0.2) is 122 Å². The molecular weight excluding hydrogens is 1150 g/mol. The Bertz CT molecular complexity index is 3770. The van der Waals surface area contributed by atoms with Crippen LogP contribution in [0.1, 0.15) is 167 Å². The molecule has 2 aromatic heterocycles. The van der Waals surface area contributed by atoms with Crippen molar-refractivity contribution in [3.8, 4) is 0 Å². The van der Waals surface area contributed by atoms with Crippen molar-refractivity contribution in [3.63, 3.8) is 0 Å². The van der Waals surface area contributed by atoms with Crippen molar-refractivity contribution in [1.82, 2.24) is 39.4 Å². The maximum atomic E-state index is 14.8. The largest absolute Gasteiger partial charge is 0.766 e.